The lowest BCUT2D eigenvalue weighted by Gasteiger charge is -2.14. The van der Waals surface area contributed by atoms with E-state index >= 15 is 0 Å². The lowest BCUT2D eigenvalue weighted by Crippen LogP contribution is -2.31. The van der Waals surface area contributed by atoms with Gasteiger partial charge in [-0.15, -0.1) is 24.0 Å². The van der Waals surface area contributed by atoms with Gasteiger partial charge in [0.05, 0.1) is 13.2 Å². The molecule has 1 aliphatic rings. The number of rotatable bonds is 5. The predicted octanol–water partition coefficient (Wildman–Crippen LogP) is 4.57. The summed E-state index contributed by atoms with van der Waals surface area (Å²) >= 11 is 0. The van der Waals surface area contributed by atoms with E-state index in [1.54, 1.807) is 7.05 Å². The van der Waals surface area contributed by atoms with Gasteiger partial charge >= 0.3 is 0 Å². The molecule has 29 heavy (non-hydrogen) atoms. The molecule has 154 valence electrons. The van der Waals surface area contributed by atoms with Crippen molar-refractivity contribution in [2.75, 3.05) is 32.1 Å². The second-order valence-corrected chi connectivity index (χ2v) is 6.80. The van der Waals surface area contributed by atoms with Gasteiger partial charge in [0, 0.05) is 48.9 Å². The van der Waals surface area contributed by atoms with E-state index in [9.17, 15) is 0 Å². The number of halogens is 1. The lowest BCUT2D eigenvalue weighted by molar-refractivity contribution is 0.297. The van der Waals surface area contributed by atoms with Gasteiger partial charge in [-0.3, -0.25) is 4.99 Å². The number of fused-ring (bicyclic) bond motifs is 2. The highest BCUT2D eigenvalue weighted by Crippen LogP contribution is 2.32. The van der Waals surface area contributed by atoms with Crippen molar-refractivity contribution < 1.29 is 9.47 Å². The summed E-state index contributed by atoms with van der Waals surface area (Å²) in [6.45, 7) is 2.21. The van der Waals surface area contributed by atoms with Crippen LogP contribution in [-0.4, -0.2) is 37.7 Å². The highest BCUT2D eigenvalue weighted by atomic mass is 127. The van der Waals surface area contributed by atoms with Gasteiger partial charge in [-0.2, -0.15) is 0 Å². The number of hydrogen-bond acceptors (Lipinski definition) is 3. The number of nitrogens with zero attached hydrogens (tertiary/aromatic N) is 1. The fourth-order valence-electron chi connectivity index (χ4n) is 3.38. The number of hydrogen-bond donors (Lipinski definition) is 3. The third-order valence-electron chi connectivity index (χ3n) is 4.82. The average molecular weight is 506 g/mol. The number of aliphatic imine (C=N–C) groups is 1. The fourth-order valence-corrected chi connectivity index (χ4v) is 3.38. The Bertz CT molecular complexity index is 970. The quantitative estimate of drug-likeness (QED) is 0.205. The van der Waals surface area contributed by atoms with Crippen LogP contribution in [0.4, 0.5) is 5.69 Å². The molecule has 6 nitrogen and oxygen atoms in total. The maximum Gasteiger partial charge on any atom is 0.195 e. The molecule has 1 aromatic heterocycles. The number of aromatic nitrogens is 1. The molecule has 0 saturated heterocycles. The van der Waals surface area contributed by atoms with Gasteiger partial charge in [-0.1, -0.05) is 18.2 Å². The van der Waals surface area contributed by atoms with Gasteiger partial charge in [0.25, 0.3) is 0 Å². The maximum atomic E-state index is 5.75. The van der Waals surface area contributed by atoms with Crippen molar-refractivity contribution in [1.82, 2.24) is 10.3 Å². The summed E-state index contributed by atoms with van der Waals surface area (Å²) in [5.41, 5.74) is 3.47. The van der Waals surface area contributed by atoms with Crippen LogP contribution in [0.2, 0.25) is 0 Å². The number of H-pyrrole nitrogens is 1. The van der Waals surface area contributed by atoms with Crippen LogP contribution in [-0.2, 0) is 6.42 Å². The first kappa shape index (κ1) is 21.3. The topological polar surface area (TPSA) is 70.7 Å². The SMILES string of the molecule is CN=C(NCCCc1c[nH]c2ccccc12)Nc1ccc2c(c1)OCCCO2.I. The monoisotopic (exact) mass is 506 g/mol. The normalized spacial score (nSPS) is 13.5. The van der Waals surface area contributed by atoms with Crippen molar-refractivity contribution in [3.8, 4) is 11.5 Å². The average Bonchev–Trinajstić information content (AvgIpc) is 2.99. The van der Waals surface area contributed by atoms with Crippen molar-refractivity contribution >= 4 is 46.5 Å². The molecule has 0 saturated carbocycles. The Morgan fingerprint density at radius 2 is 1.93 bits per heavy atom. The second kappa shape index (κ2) is 10.4. The summed E-state index contributed by atoms with van der Waals surface area (Å²) in [4.78, 5) is 7.65. The van der Waals surface area contributed by atoms with Gasteiger partial charge in [0.1, 0.15) is 0 Å². The van der Waals surface area contributed by atoms with Crippen LogP contribution >= 0.6 is 24.0 Å². The van der Waals surface area contributed by atoms with Crippen LogP contribution in [0.5, 0.6) is 11.5 Å². The summed E-state index contributed by atoms with van der Waals surface area (Å²) < 4.78 is 11.4. The van der Waals surface area contributed by atoms with Crippen LogP contribution in [0.25, 0.3) is 10.9 Å². The van der Waals surface area contributed by atoms with Crippen LogP contribution < -0.4 is 20.1 Å². The molecule has 2 heterocycles. The molecule has 0 spiro atoms. The number of para-hydroxylation sites is 1. The molecule has 0 unspecified atom stereocenters. The fraction of sp³-hybridized carbons (Fsp3) is 0.318. The summed E-state index contributed by atoms with van der Waals surface area (Å²) in [7, 11) is 1.78. The van der Waals surface area contributed by atoms with E-state index in [1.165, 1.54) is 16.5 Å². The molecular weight excluding hydrogens is 479 g/mol. The molecule has 3 aromatic rings. The Balaban J connectivity index is 0.00000240. The first-order chi connectivity index (χ1) is 13.8. The molecule has 0 radical (unpaired) electrons. The second-order valence-electron chi connectivity index (χ2n) is 6.80. The van der Waals surface area contributed by atoms with Crippen molar-refractivity contribution in [3.05, 3.63) is 54.2 Å². The maximum absolute atomic E-state index is 5.75. The molecule has 0 bridgehead atoms. The van der Waals surface area contributed by atoms with Gasteiger partial charge in [0.2, 0.25) is 0 Å². The Kier molecular flexibility index (Phi) is 7.62. The van der Waals surface area contributed by atoms with Crippen molar-refractivity contribution in [2.24, 2.45) is 4.99 Å². The van der Waals surface area contributed by atoms with Crippen molar-refractivity contribution in [2.45, 2.75) is 19.3 Å². The highest BCUT2D eigenvalue weighted by molar-refractivity contribution is 14.0. The van der Waals surface area contributed by atoms with E-state index in [2.05, 4.69) is 51.1 Å². The van der Waals surface area contributed by atoms with E-state index in [4.69, 9.17) is 9.47 Å². The largest absolute Gasteiger partial charge is 0.490 e. The molecule has 1 aliphatic heterocycles. The minimum absolute atomic E-state index is 0. The standard InChI is InChI=1S/C22H26N4O2.HI/c1-23-22(26-17-9-10-20-21(14-17)28-13-5-12-27-20)24-11-4-6-16-15-25-19-8-3-2-7-18(16)19;/h2-3,7-10,14-15,25H,4-6,11-13H2,1H3,(H2,23,24,26);1H. The van der Waals surface area contributed by atoms with Gasteiger partial charge in [-0.25, -0.2) is 0 Å². The smallest absolute Gasteiger partial charge is 0.195 e. The zero-order valence-corrected chi connectivity index (χ0v) is 18.9. The molecule has 0 aliphatic carbocycles. The zero-order chi connectivity index (χ0) is 19.2. The van der Waals surface area contributed by atoms with E-state index < -0.39 is 0 Å². The lowest BCUT2D eigenvalue weighted by atomic mass is 10.1. The molecule has 2 aromatic carbocycles. The number of benzene rings is 2. The Morgan fingerprint density at radius 1 is 1.10 bits per heavy atom. The number of anilines is 1. The third kappa shape index (κ3) is 5.35. The first-order valence-corrected chi connectivity index (χ1v) is 9.76. The van der Waals surface area contributed by atoms with Crippen LogP contribution in [0, 0.1) is 0 Å². The highest BCUT2D eigenvalue weighted by Gasteiger charge is 2.11. The zero-order valence-electron chi connectivity index (χ0n) is 16.5. The third-order valence-corrected chi connectivity index (χ3v) is 4.82. The Morgan fingerprint density at radius 3 is 2.79 bits per heavy atom. The Hall–Kier alpha value is -2.42. The van der Waals surface area contributed by atoms with Crippen LogP contribution in [0.3, 0.4) is 0 Å². The first-order valence-electron chi connectivity index (χ1n) is 9.76. The minimum Gasteiger partial charge on any atom is -0.490 e. The predicted molar refractivity (Wildman–Crippen MR) is 129 cm³/mol. The Labute approximate surface area is 188 Å². The van der Waals surface area contributed by atoms with Gasteiger partial charge in [0.15, 0.2) is 17.5 Å². The van der Waals surface area contributed by atoms with E-state index in [1.807, 2.05) is 18.2 Å². The van der Waals surface area contributed by atoms with E-state index in [-0.39, 0.29) is 24.0 Å². The van der Waals surface area contributed by atoms with Crippen LogP contribution in [0.1, 0.15) is 18.4 Å². The minimum atomic E-state index is 0. The number of aromatic amines is 1. The molecular formula is C22H27IN4O2. The molecule has 0 fully saturated rings. The van der Waals surface area contributed by atoms with E-state index in [0.717, 1.165) is 49.0 Å². The van der Waals surface area contributed by atoms with Crippen molar-refractivity contribution in [1.29, 1.82) is 0 Å². The number of guanidine groups is 1. The molecule has 3 N–H and O–H groups in total. The molecule has 0 atom stereocenters. The summed E-state index contributed by atoms with van der Waals surface area (Å²) in [6.07, 6.45) is 5.04. The molecule has 4 rings (SSSR count). The summed E-state index contributed by atoms with van der Waals surface area (Å²) in [5.74, 6) is 2.32. The van der Waals surface area contributed by atoms with Gasteiger partial charge < -0.3 is 25.1 Å². The van der Waals surface area contributed by atoms with Crippen LogP contribution in [0.15, 0.2) is 53.7 Å². The number of ether oxygens (including phenoxy) is 2. The summed E-state index contributed by atoms with van der Waals surface area (Å²) in [6, 6.07) is 14.3. The van der Waals surface area contributed by atoms with Gasteiger partial charge in [-0.05, 0) is 36.6 Å². The van der Waals surface area contributed by atoms with Crippen molar-refractivity contribution in [3.63, 3.8) is 0 Å². The summed E-state index contributed by atoms with van der Waals surface area (Å²) in [5, 5.41) is 8.00. The molecule has 7 heteroatoms. The van der Waals surface area contributed by atoms with E-state index in [0.29, 0.717) is 13.2 Å². The molecule has 0 amide bonds. The number of nitrogens with one attached hydrogen (secondary N) is 3. The number of aryl methyl sites for hydroxylation is 1.